The van der Waals surface area contributed by atoms with Gasteiger partial charge in [-0.1, -0.05) is 31.5 Å². The lowest BCUT2D eigenvalue weighted by Crippen LogP contribution is -2.34. The third-order valence-electron chi connectivity index (χ3n) is 5.40. The molecule has 29 heavy (non-hydrogen) atoms. The summed E-state index contributed by atoms with van der Waals surface area (Å²) in [4.78, 5) is 19.6. The lowest BCUT2D eigenvalue weighted by atomic mass is 10.2. The zero-order valence-corrected chi connectivity index (χ0v) is 17.1. The molecule has 0 fully saturated rings. The van der Waals surface area contributed by atoms with Crippen LogP contribution in [0.2, 0.25) is 0 Å². The summed E-state index contributed by atoms with van der Waals surface area (Å²) in [5, 5.41) is 2.92. The molecule has 152 valence electrons. The van der Waals surface area contributed by atoms with Crippen molar-refractivity contribution in [3.63, 3.8) is 0 Å². The highest BCUT2D eigenvalue weighted by Crippen LogP contribution is 2.24. The van der Waals surface area contributed by atoms with Crippen molar-refractivity contribution in [3.8, 4) is 5.75 Å². The first kappa shape index (κ1) is 19.5. The zero-order chi connectivity index (χ0) is 20.2. The van der Waals surface area contributed by atoms with E-state index in [1.54, 1.807) is 0 Å². The lowest BCUT2D eigenvalue weighted by molar-refractivity contribution is -0.118. The van der Waals surface area contributed by atoms with E-state index < -0.39 is 0 Å². The van der Waals surface area contributed by atoms with E-state index in [1.807, 2.05) is 49.4 Å². The van der Waals surface area contributed by atoms with Gasteiger partial charge in [-0.15, -0.1) is 0 Å². The van der Waals surface area contributed by atoms with Crippen LogP contribution in [0.15, 0.2) is 42.5 Å². The van der Waals surface area contributed by atoms with Gasteiger partial charge in [0, 0.05) is 18.8 Å². The average molecular weight is 393 g/mol. The molecule has 0 saturated heterocycles. The molecule has 1 aliphatic rings. The smallest absolute Gasteiger partial charge is 0.262 e. The first-order valence-corrected chi connectivity index (χ1v) is 10.3. The molecule has 0 spiro atoms. The third-order valence-corrected chi connectivity index (χ3v) is 5.40. The highest BCUT2D eigenvalue weighted by molar-refractivity contribution is 5.94. The number of aryl methyl sites for hydroxylation is 1. The van der Waals surface area contributed by atoms with Crippen LogP contribution in [0.1, 0.15) is 31.2 Å². The number of carbonyl (C=O) groups excluding carboxylic acids is 1. The van der Waals surface area contributed by atoms with Crippen LogP contribution in [0.5, 0.6) is 5.75 Å². The molecular formula is C23H28N4O2. The summed E-state index contributed by atoms with van der Waals surface area (Å²) in [5.74, 6) is 1.66. The summed E-state index contributed by atoms with van der Waals surface area (Å²) < 4.78 is 7.93. The molecule has 0 bridgehead atoms. The number of unbranched alkanes of at least 4 members (excludes halogenated alkanes) is 1. The van der Waals surface area contributed by atoms with Crippen molar-refractivity contribution in [2.24, 2.45) is 0 Å². The summed E-state index contributed by atoms with van der Waals surface area (Å²) in [6, 6.07) is 13.6. The Kier molecular flexibility index (Phi) is 5.81. The van der Waals surface area contributed by atoms with Gasteiger partial charge in [0.05, 0.1) is 17.6 Å². The summed E-state index contributed by atoms with van der Waals surface area (Å²) in [6.45, 7) is 8.21. The van der Waals surface area contributed by atoms with Gasteiger partial charge in [-0.05, 0) is 49.7 Å². The second-order valence-corrected chi connectivity index (χ2v) is 7.62. The van der Waals surface area contributed by atoms with E-state index in [-0.39, 0.29) is 12.5 Å². The van der Waals surface area contributed by atoms with Crippen molar-refractivity contribution in [3.05, 3.63) is 53.9 Å². The molecule has 1 aromatic heterocycles. The maximum absolute atomic E-state index is 12.3. The molecule has 0 aliphatic carbocycles. The summed E-state index contributed by atoms with van der Waals surface area (Å²) in [5.41, 5.74) is 3.81. The molecule has 1 amide bonds. The SMILES string of the molecule is CCCCN1CCn2c(nc3cc(NC(=O)COc4ccccc4C)ccc32)C1. The summed E-state index contributed by atoms with van der Waals surface area (Å²) in [7, 11) is 0. The number of carbonyl (C=O) groups is 1. The van der Waals surface area contributed by atoms with Crippen LogP contribution < -0.4 is 10.1 Å². The summed E-state index contributed by atoms with van der Waals surface area (Å²) in [6.07, 6.45) is 2.44. The standard InChI is InChI=1S/C23H28N4O2/c1-3-4-11-26-12-13-27-20-10-9-18(14-19(20)25-22(27)15-26)24-23(28)16-29-21-8-6-5-7-17(21)2/h5-10,14H,3-4,11-13,15-16H2,1-2H3,(H,24,28). The first-order chi connectivity index (χ1) is 14.1. The molecule has 1 N–H and O–H groups in total. The molecule has 3 aromatic rings. The van der Waals surface area contributed by atoms with Crippen molar-refractivity contribution in [2.45, 2.75) is 39.8 Å². The normalized spacial score (nSPS) is 14.0. The van der Waals surface area contributed by atoms with Gasteiger partial charge in [0.2, 0.25) is 0 Å². The topological polar surface area (TPSA) is 59.4 Å². The van der Waals surface area contributed by atoms with Crippen molar-refractivity contribution in [2.75, 3.05) is 25.0 Å². The highest BCUT2D eigenvalue weighted by Gasteiger charge is 2.20. The lowest BCUT2D eigenvalue weighted by Gasteiger charge is -2.27. The van der Waals surface area contributed by atoms with Crippen molar-refractivity contribution >= 4 is 22.6 Å². The second kappa shape index (κ2) is 8.66. The van der Waals surface area contributed by atoms with Gasteiger partial charge in [-0.2, -0.15) is 0 Å². The minimum atomic E-state index is -0.178. The maximum atomic E-state index is 12.3. The third kappa shape index (κ3) is 4.43. The molecule has 0 radical (unpaired) electrons. The van der Waals surface area contributed by atoms with Gasteiger partial charge in [0.25, 0.3) is 5.91 Å². The number of ether oxygens (including phenoxy) is 1. The van der Waals surface area contributed by atoms with Crippen LogP contribution in [0, 0.1) is 6.92 Å². The fourth-order valence-electron chi connectivity index (χ4n) is 3.78. The molecule has 2 aromatic carbocycles. The van der Waals surface area contributed by atoms with Crippen LogP contribution >= 0.6 is 0 Å². The number of hydrogen-bond donors (Lipinski definition) is 1. The van der Waals surface area contributed by atoms with Crippen LogP contribution in [0.3, 0.4) is 0 Å². The van der Waals surface area contributed by atoms with Gasteiger partial charge in [0.1, 0.15) is 11.6 Å². The van der Waals surface area contributed by atoms with Crippen molar-refractivity contribution in [1.29, 1.82) is 0 Å². The largest absolute Gasteiger partial charge is 0.483 e. The number of amides is 1. The second-order valence-electron chi connectivity index (χ2n) is 7.62. The number of anilines is 1. The number of para-hydroxylation sites is 1. The predicted molar refractivity (Wildman–Crippen MR) is 115 cm³/mol. The number of rotatable bonds is 7. The Labute approximate surface area is 171 Å². The first-order valence-electron chi connectivity index (χ1n) is 10.3. The molecule has 2 heterocycles. The Morgan fingerprint density at radius 2 is 2.07 bits per heavy atom. The van der Waals surface area contributed by atoms with Crippen LogP contribution in [-0.2, 0) is 17.9 Å². The molecule has 1 aliphatic heterocycles. The van der Waals surface area contributed by atoms with Crippen LogP contribution in [-0.4, -0.2) is 40.1 Å². The molecular weight excluding hydrogens is 364 g/mol. The van der Waals surface area contributed by atoms with E-state index in [0.29, 0.717) is 0 Å². The van der Waals surface area contributed by atoms with E-state index in [4.69, 9.17) is 9.72 Å². The van der Waals surface area contributed by atoms with E-state index >= 15 is 0 Å². The Hall–Kier alpha value is -2.86. The Bertz CT molecular complexity index is 1010. The zero-order valence-electron chi connectivity index (χ0n) is 17.1. The monoisotopic (exact) mass is 392 g/mol. The van der Waals surface area contributed by atoms with Gasteiger partial charge < -0.3 is 14.6 Å². The number of benzene rings is 2. The van der Waals surface area contributed by atoms with Gasteiger partial charge in [0.15, 0.2) is 6.61 Å². The highest BCUT2D eigenvalue weighted by atomic mass is 16.5. The number of nitrogens with one attached hydrogen (secondary N) is 1. The minimum absolute atomic E-state index is 0.0189. The number of fused-ring (bicyclic) bond motifs is 3. The molecule has 0 unspecified atom stereocenters. The Balaban J connectivity index is 1.41. The number of imidazole rings is 1. The summed E-state index contributed by atoms with van der Waals surface area (Å²) >= 11 is 0. The Morgan fingerprint density at radius 3 is 2.90 bits per heavy atom. The number of aromatic nitrogens is 2. The quantitative estimate of drug-likeness (QED) is 0.661. The number of nitrogens with zero attached hydrogens (tertiary/aromatic N) is 3. The van der Waals surface area contributed by atoms with Crippen molar-refractivity contribution < 1.29 is 9.53 Å². The Morgan fingerprint density at radius 1 is 1.21 bits per heavy atom. The van der Waals surface area contributed by atoms with E-state index in [9.17, 15) is 4.79 Å². The molecule has 4 rings (SSSR count). The molecule has 0 saturated carbocycles. The number of hydrogen-bond acceptors (Lipinski definition) is 4. The fourth-order valence-corrected chi connectivity index (χ4v) is 3.78. The van der Waals surface area contributed by atoms with E-state index in [0.717, 1.165) is 60.0 Å². The fraction of sp³-hybridized carbons (Fsp3) is 0.391. The van der Waals surface area contributed by atoms with Crippen molar-refractivity contribution in [1.82, 2.24) is 14.5 Å². The van der Waals surface area contributed by atoms with E-state index in [1.165, 1.54) is 12.8 Å². The van der Waals surface area contributed by atoms with Crippen LogP contribution in [0.25, 0.3) is 11.0 Å². The average Bonchev–Trinajstić information content (AvgIpc) is 3.08. The molecule has 6 nitrogen and oxygen atoms in total. The minimum Gasteiger partial charge on any atom is -0.483 e. The molecule has 0 atom stereocenters. The van der Waals surface area contributed by atoms with Gasteiger partial charge in [-0.3, -0.25) is 9.69 Å². The van der Waals surface area contributed by atoms with E-state index in [2.05, 4.69) is 21.7 Å². The van der Waals surface area contributed by atoms with Crippen LogP contribution in [0.4, 0.5) is 5.69 Å². The van der Waals surface area contributed by atoms with Gasteiger partial charge in [-0.25, -0.2) is 4.98 Å². The maximum Gasteiger partial charge on any atom is 0.262 e. The van der Waals surface area contributed by atoms with Gasteiger partial charge >= 0.3 is 0 Å². The predicted octanol–water partition coefficient (Wildman–Crippen LogP) is 3.98. The molecule has 6 heteroatoms.